The fourth-order valence-electron chi connectivity index (χ4n) is 1.18. The number of carbonyl (C=O) groups excluding carboxylic acids is 1. The quantitative estimate of drug-likeness (QED) is 0.582. The van der Waals surface area contributed by atoms with Crippen LogP contribution in [-0.2, 0) is 0 Å². The lowest BCUT2D eigenvalue weighted by Gasteiger charge is -2.04. The first-order valence-electron chi connectivity index (χ1n) is 4.63. The smallest absolute Gasteiger partial charge is 0.164 e. The first-order chi connectivity index (χ1) is 7.00. The molecule has 0 aliphatic rings. The van der Waals surface area contributed by atoms with Crippen molar-refractivity contribution >= 4 is 33.3 Å². The normalized spacial score (nSPS) is 10.1. The number of allylic oxidation sites excluding steroid dienone is 1. The van der Waals surface area contributed by atoms with Gasteiger partial charge >= 0.3 is 0 Å². The van der Waals surface area contributed by atoms with Crippen molar-refractivity contribution in [2.45, 2.75) is 19.8 Å². The largest absolute Gasteiger partial charge is 0.294 e. The van der Waals surface area contributed by atoms with Crippen LogP contribution in [0.1, 0.15) is 30.1 Å². The van der Waals surface area contributed by atoms with Gasteiger partial charge in [0.05, 0.1) is 0 Å². The molecule has 0 atom stereocenters. The summed E-state index contributed by atoms with van der Waals surface area (Å²) in [6.45, 7) is 5.69. The van der Waals surface area contributed by atoms with E-state index in [1.54, 1.807) is 18.2 Å². The molecular formula is C12H12BrClO. The molecule has 0 bridgehead atoms. The van der Waals surface area contributed by atoms with E-state index in [0.29, 0.717) is 17.0 Å². The average molecular weight is 288 g/mol. The summed E-state index contributed by atoms with van der Waals surface area (Å²) in [5.74, 6) is 0.113. The third-order valence-corrected chi connectivity index (χ3v) is 2.90. The summed E-state index contributed by atoms with van der Waals surface area (Å²) in [4.78, 5) is 11.8. The van der Waals surface area contributed by atoms with Gasteiger partial charge in [-0.1, -0.05) is 17.2 Å². The van der Waals surface area contributed by atoms with Crippen molar-refractivity contribution in [1.29, 1.82) is 0 Å². The lowest BCUT2D eigenvalue weighted by Crippen LogP contribution is -2.00. The molecule has 0 amide bonds. The zero-order valence-electron chi connectivity index (χ0n) is 8.52. The van der Waals surface area contributed by atoms with Crippen LogP contribution in [0, 0.1) is 0 Å². The summed E-state index contributed by atoms with van der Waals surface area (Å²) >= 11 is 9.12. The highest BCUT2D eigenvalue weighted by Gasteiger charge is 2.09. The predicted molar refractivity (Wildman–Crippen MR) is 67.5 cm³/mol. The highest BCUT2D eigenvalue weighted by Crippen LogP contribution is 2.23. The SMILES string of the molecule is C=C(C)CCC(=O)c1ccc(Cl)cc1Br. The molecule has 3 heteroatoms. The maximum Gasteiger partial charge on any atom is 0.164 e. The minimum absolute atomic E-state index is 0.113. The second-order valence-electron chi connectivity index (χ2n) is 3.50. The summed E-state index contributed by atoms with van der Waals surface area (Å²) in [5.41, 5.74) is 1.70. The van der Waals surface area contributed by atoms with Gasteiger partial charge in [0.25, 0.3) is 0 Å². The van der Waals surface area contributed by atoms with Crippen LogP contribution < -0.4 is 0 Å². The van der Waals surface area contributed by atoms with Crippen molar-refractivity contribution in [2.24, 2.45) is 0 Å². The van der Waals surface area contributed by atoms with Crippen molar-refractivity contribution in [3.05, 3.63) is 45.4 Å². The van der Waals surface area contributed by atoms with Crippen LogP contribution in [0.4, 0.5) is 0 Å². The summed E-state index contributed by atoms with van der Waals surface area (Å²) in [6.07, 6.45) is 1.23. The zero-order valence-corrected chi connectivity index (χ0v) is 10.9. The fourth-order valence-corrected chi connectivity index (χ4v) is 2.08. The third-order valence-electron chi connectivity index (χ3n) is 2.01. The molecule has 0 N–H and O–H groups in total. The van der Waals surface area contributed by atoms with Gasteiger partial charge < -0.3 is 0 Å². The molecule has 1 aromatic carbocycles. The summed E-state index contributed by atoms with van der Waals surface area (Å²) in [6, 6.07) is 5.20. The first kappa shape index (κ1) is 12.5. The molecule has 0 aromatic heterocycles. The molecule has 0 fully saturated rings. The van der Waals surface area contributed by atoms with Gasteiger partial charge in [-0.3, -0.25) is 4.79 Å². The Morgan fingerprint density at radius 3 is 2.67 bits per heavy atom. The maximum atomic E-state index is 11.8. The van der Waals surface area contributed by atoms with E-state index >= 15 is 0 Å². The molecular weight excluding hydrogens is 275 g/mol. The monoisotopic (exact) mass is 286 g/mol. The predicted octanol–water partition coefficient (Wildman–Crippen LogP) is 4.64. The Hall–Kier alpha value is -0.600. The van der Waals surface area contributed by atoms with E-state index in [0.717, 1.165) is 16.5 Å². The number of ketones is 1. The van der Waals surface area contributed by atoms with E-state index in [4.69, 9.17) is 11.6 Å². The van der Waals surface area contributed by atoms with Crippen molar-refractivity contribution in [3.63, 3.8) is 0 Å². The Balaban J connectivity index is 2.78. The number of benzene rings is 1. The van der Waals surface area contributed by atoms with Gasteiger partial charge in [-0.05, 0) is 47.5 Å². The topological polar surface area (TPSA) is 17.1 Å². The van der Waals surface area contributed by atoms with Crippen LogP contribution in [0.25, 0.3) is 0 Å². The van der Waals surface area contributed by atoms with Gasteiger partial charge in [0, 0.05) is 21.5 Å². The molecule has 0 radical (unpaired) electrons. The molecule has 0 aliphatic carbocycles. The number of hydrogen-bond acceptors (Lipinski definition) is 1. The molecule has 0 saturated heterocycles. The zero-order chi connectivity index (χ0) is 11.4. The van der Waals surface area contributed by atoms with E-state index < -0.39 is 0 Å². The van der Waals surface area contributed by atoms with Crippen molar-refractivity contribution < 1.29 is 4.79 Å². The highest BCUT2D eigenvalue weighted by atomic mass is 79.9. The molecule has 0 aliphatic heterocycles. The number of hydrogen-bond donors (Lipinski definition) is 0. The first-order valence-corrected chi connectivity index (χ1v) is 5.80. The van der Waals surface area contributed by atoms with E-state index in [1.165, 1.54) is 0 Å². The maximum absolute atomic E-state index is 11.8. The minimum Gasteiger partial charge on any atom is -0.294 e. The van der Waals surface area contributed by atoms with Crippen molar-refractivity contribution in [1.82, 2.24) is 0 Å². The van der Waals surface area contributed by atoms with Crippen LogP contribution in [0.3, 0.4) is 0 Å². The third kappa shape index (κ3) is 3.80. The van der Waals surface area contributed by atoms with E-state index in [9.17, 15) is 4.79 Å². The average Bonchev–Trinajstić information content (AvgIpc) is 2.14. The number of carbonyl (C=O) groups is 1. The molecule has 1 rings (SSSR count). The number of halogens is 2. The van der Waals surface area contributed by atoms with E-state index in [1.807, 2.05) is 6.92 Å². The summed E-state index contributed by atoms with van der Waals surface area (Å²) in [7, 11) is 0. The molecule has 1 nitrogen and oxygen atoms in total. The van der Waals surface area contributed by atoms with Crippen LogP contribution in [0.5, 0.6) is 0 Å². The molecule has 1 aromatic rings. The van der Waals surface area contributed by atoms with Gasteiger partial charge in [-0.15, -0.1) is 6.58 Å². The fraction of sp³-hybridized carbons (Fsp3) is 0.250. The summed E-state index contributed by atoms with van der Waals surface area (Å²) < 4.78 is 0.752. The number of rotatable bonds is 4. The Kier molecular flexibility index (Phi) is 4.55. The van der Waals surface area contributed by atoms with Crippen molar-refractivity contribution in [3.8, 4) is 0 Å². The molecule has 15 heavy (non-hydrogen) atoms. The number of Topliss-reactive ketones (excluding diaryl/α,β-unsaturated/α-hetero) is 1. The Morgan fingerprint density at radius 2 is 2.13 bits per heavy atom. The van der Waals surface area contributed by atoms with Crippen LogP contribution in [0.15, 0.2) is 34.8 Å². The van der Waals surface area contributed by atoms with Crippen LogP contribution in [-0.4, -0.2) is 5.78 Å². The van der Waals surface area contributed by atoms with Gasteiger partial charge in [0.15, 0.2) is 5.78 Å². The minimum atomic E-state index is 0.113. The Morgan fingerprint density at radius 1 is 1.47 bits per heavy atom. The van der Waals surface area contributed by atoms with Crippen LogP contribution in [0.2, 0.25) is 5.02 Å². The van der Waals surface area contributed by atoms with Gasteiger partial charge in [-0.25, -0.2) is 0 Å². The molecule has 0 heterocycles. The van der Waals surface area contributed by atoms with Crippen molar-refractivity contribution in [2.75, 3.05) is 0 Å². The molecule has 0 unspecified atom stereocenters. The molecule has 0 saturated carbocycles. The standard InChI is InChI=1S/C12H12BrClO/c1-8(2)3-6-12(15)10-5-4-9(14)7-11(10)13/h4-5,7H,1,3,6H2,2H3. The van der Waals surface area contributed by atoms with E-state index in [-0.39, 0.29) is 5.78 Å². The van der Waals surface area contributed by atoms with E-state index in [2.05, 4.69) is 22.5 Å². The second kappa shape index (κ2) is 5.47. The lowest BCUT2D eigenvalue weighted by atomic mass is 10.0. The van der Waals surface area contributed by atoms with Gasteiger partial charge in [0.2, 0.25) is 0 Å². The highest BCUT2D eigenvalue weighted by molar-refractivity contribution is 9.10. The lowest BCUT2D eigenvalue weighted by molar-refractivity contribution is 0.0982. The molecule has 0 spiro atoms. The second-order valence-corrected chi connectivity index (χ2v) is 4.80. The van der Waals surface area contributed by atoms with Gasteiger partial charge in [0.1, 0.15) is 0 Å². The Bertz CT molecular complexity index is 399. The molecule has 80 valence electrons. The Labute approximate surface area is 103 Å². The van der Waals surface area contributed by atoms with Gasteiger partial charge in [-0.2, -0.15) is 0 Å². The van der Waals surface area contributed by atoms with Crippen LogP contribution >= 0.6 is 27.5 Å². The summed E-state index contributed by atoms with van der Waals surface area (Å²) in [5, 5.41) is 0.623.